The van der Waals surface area contributed by atoms with Gasteiger partial charge in [0.2, 0.25) is 0 Å². The number of carbonyl (C=O) groups excluding carboxylic acids is 4. The minimum absolute atomic E-state index is 0. The molecule has 0 aromatic carbocycles. The molecule has 0 unspecified atom stereocenters. The van der Waals surface area contributed by atoms with Gasteiger partial charge in [-0.2, -0.15) is 47.0 Å². The second-order valence-electron chi connectivity index (χ2n) is 4.04. The Balaban J connectivity index is -0.0000000873. The van der Waals surface area contributed by atoms with E-state index >= 15 is 0 Å². The second kappa shape index (κ2) is 35.6. The van der Waals surface area contributed by atoms with E-state index in [1.807, 2.05) is 27.7 Å². The minimum atomic E-state index is -0.980. The van der Waals surface area contributed by atoms with Gasteiger partial charge in [-0.25, -0.2) is 0 Å². The van der Waals surface area contributed by atoms with Gasteiger partial charge in [0.25, 0.3) is 0 Å². The van der Waals surface area contributed by atoms with E-state index in [0.29, 0.717) is 0 Å². The van der Waals surface area contributed by atoms with Gasteiger partial charge in [-0.05, 0) is 23.0 Å². The Hall–Kier alpha value is 0.163. The number of hydrogen-bond donors (Lipinski definition) is 0. The van der Waals surface area contributed by atoms with Crippen molar-refractivity contribution in [3.05, 3.63) is 0 Å². The zero-order valence-corrected chi connectivity index (χ0v) is 22.8. The predicted molar refractivity (Wildman–Crippen MR) is 112 cm³/mol. The summed E-state index contributed by atoms with van der Waals surface area (Å²) in [6.07, 6.45) is 0. The van der Waals surface area contributed by atoms with Gasteiger partial charge >= 0.3 is 26.2 Å². The van der Waals surface area contributed by atoms with E-state index in [0.717, 1.165) is 23.0 Å². The molecular weight excluding hydrogens is 540 g/mol. The molecule has 0 aromatic rings. The van der Waals surface area contributed by atoms with Gasteiger partial charge in [-0.1, -0.05) is 27.7 Å². The van der Waals surface area contributed by atoms with E-state index in [-0.39, 0.29) is 49.2 Å². The molecule has 0 amide bonds. The van der Waals surface area contributed by atoms with Crippen LogP contribution in [0.3, 0.4) is 0 Å². The monoisotopic (exact) mass is 566 g/mol. The maximum Gasteiger partial charge on any atom is 4.00 e. The Morgan fingerprint density at radius 1 is 0.483 bits per heavy atom. The van der Waals surface area contributed by atoms with Crippen molar-refractivity contribution in [3.63, 3.8) is 0 Å². The SMILES string of the molecule is CCSCC(=O)[O-].CCSCC(=O)[O-].CCSCC(=O)[O-].CCSCC(=O)[O-].[Zr+4]. The Morgan fingerprint density at radius 2 is 0.621 bits per heavy atom. The molecule has 0 N–H and O–H groups in total. The Kier molecular flexibility index (Phi) is 48.6. The third kappa shape index (κ3) is 73.8. The van der Waals surface area contributed by atoms with Crippen LogP contribution in [0, 0.1) is 0 Å². The molecule has 0 atom stereocenters. The van der Waals surface area contributed by atoms with E-state index in [9.17, 15) is 39.6 Å². The first-order valence-corrected chi connectivity index (χ1v) is 12.8. The Labute approximate surface area is 209 Å². The van der Waals surface area contributed by atoms with Crippen LogP contribution < -0.4 is 20.4 Å². The summed E-state index contributed by atoms with van der Waals surface area (Å²) in [6, 6.07) is 0. The number of carboxylic acids is 4. The summed E-state index contributed by atoms with van der Waals surface area (Å²) in [6.45, 7) is 7.64. The fourth-order valence-electron chi connectivity index (χ4n) is 0.742. The van der Waals surface area contributed by atoms with Crippen LogP contribution >= 0.6 is 47.0 Å². The molecule has 8 nitrogen and oxygen atoms in total. The van der Waals surface area contributed by atoms with Crippen molar-refractivity contribution >= 4 is 70.9 Å². The average molecular weight is 568 g/mol. The summed E-state index contributed by atoms with van der Waals surface area (Å²) in [5, 5.41) is 38.5. The molecule has 0 radical (unpaired) electrons. The van der Waals surface area contributed by atoms with E-state index in [1.54, 1.807) is 0 Å². The molecule has 0 fully saturated rings. The van der Waals surface area contributed by atoms with Gasteiger partial charge < -0.3 is 39.6 Å². The average Bonchev–Trinajstić information content (AvgIpc) is 2.62. The first-order valence-electron chi connectivity index (χ1n) is 8.19. The molecule has 0 saturated heterocycles. The molecule has 0 aliphatic rings. The molecule has 0 aliphatic heterocycles. The van der Waals surface area contributed by atoms with Crippen molar-refractivity contribution in [2.45, 2.75) is 27.7 Å². The number of thioether (sulfide) groups is 4. The van der Waals surface area contributed by atoms with Crippen molar-refractivity contribution in [2.75, 3.05) is 46.0 Å². The molecular formula is C16H28O8S4Zr. The molecule has 0 aromatic heterocycles. The van der Waals surface area contributed by atoms with Crippen LogP contribution in [0.5, 0.6) is 0 Å². The van der Waals surface area contributed by atoms with Crippen LogP contribution in [-0.2, 0) is 45.4 Å². The van der Waals surface area contributed by atoms with Crippen LogP contribution in [0.15, 0.2) is 0 Å². The van der Waals surface area contributed by atoms with Crippen molar-refractivity contribution in [1.29, 1.82) is 0 Å². The third-order valence-corrected chi connectivity index (χ3v) is 5.09. The third-order valence-electron chi connectivity index (χ3n) is 1.70. The van der Waals surface area contributed by atoms with E-state index in [4.69, 9.17) is 0 Å². The zero-order valence-electron chi connectivity index (χ0n) is 17.1. The summed E-state index contributed by atoms with van der Waals surface area (Å²) in [5.74, 6) is -0.0680. The van der Waals surface area contributed by atoms with Gasteiger partial charge in [0.15, 0.2) is 0 Å². The topological polar surface area (TPSA) is 161 Å². The molecule has 0 saturated carbocycles. The van der Waals surface area contributed by atoms with Crippen molar-refractivity contribution in [1.82, 2.24) is 0 Å². The maximum absolute atomic E-state index is 9.63. The molecule has 13 heteroatoms. The summed E-state index contributed by atoms with van der Waals surface area (Å²) in [7, 11) is 0. The molecule has 168 valence electrons. The molecule has 0 spiro atoms. The summed E-state index contributed by atoms with van der Waals surface area (Å²) in [4.78, 5) is 38.5. The Morgan fingerprint density at radius 3 is 0.655 bits per heavy atom. The fourth-order valence-corrected chi connectivity index (χ4v) is 2.22. The van der Waals surface area contributed by atoms with Crippen molar-refractivity contribution in [3.8, 4) is 0 Å². The van der Waals surface area contributed by atoms with E-state index < -0.39 is 23.9 Å². The van der Waals surface area contributed by atoms with Crippen LogP contribution in [0.25, 0.3) is 0 Å². The minimum Gasteiger partial charge on any atom is -0.549 e. The number of hydrogen-bond acceptors (Lipinski definition) is 12. The number of rotatable bonds is 12. The van der Waals surface area contributed by atoms with Gasteiger partial charge in [0.05, 0.1) is 23.9 Å². The fraction of sp³-hybridized carbons (Fsp3) is 0.750. The van der Waals surface area contributed by atoms with Gasteiger partial charge in [-0.3, -0.25) is 0 Å². The molecule has 0 bridgehead atoms. The second-order valence-corrected chi connectivity index (χ2v) is 9.13. The summed E-state index contributed by atoms with van der Waals surface area (Å²) < 4.78 is 0. The number of carbonyl (C=O) groups is 4. The molecule has 29 heavy (non-hydrogen) atoms. The number of carboxylic acid groups (broad SMARTS) is 4. The summed E-state index contributed by atoms with van der Waals surface area (Å²) >= 11 is 5.42. The number of aliphatic carboxylic acids is 4. The van der Waals surface area contributed by atoms with Gasteiger partial charge in [0, 0.05) is 23.0 Å². The standard InChI is InChI=1S/4C4H8O2S.Zr/c4*1-2-7-3-4(5)6;/h4*2-3H2,1H3,(H,5,6);/q;;;;+4/p-4. The van der Waals surface area contributed by atoms with Gasteiger partial charge in [0.1, 0.15) is 0 Å². The normalized spacial score (nSPS) is 8.41. The quantitative estimate of drug-likeness (QED) is 0.254. The molecule has 0 heterocycles. The van der Waals surface area contributed by atoms with Crippen molar-refractivity contribution in [2.24, 2.45) is 0 Å². The zero-order chi connectivity index (χ0) is 22.8. The maximum atomic E-state index is 9.63. The van der Waals surface area contributed by atoms with Crippen molar-refractivity contribution < 1.29 is 65.8 Å². The van der Waals surface area contributed by atoms with Crippen LogP contribution in [0.2, 0.25) is 0 Å². The molecule has 0 rings (SSSR count). The largest absolute Gasteiger partial charge is 4.00 e. The Bertz CT molecular complexity index is 329. The first-order chi connectivity index (χ1) is 13.1. The first kappa shape index (κ1) is 39.6. The van der Waals surface area contributed by atoms with E-state index in [1.165, 1.54) is 47.0 Å². The summed E-state index contributed by atoms with van der Waals surface area (Å²) in [5.41, 5.74) is 0. The van der Waals surface area contributed by atoms with Crippen LogP contribution in [0.1, 0.15) is 27.7 Å². The van der Waals surface area contributed by atoms with E-state index in [2.05, 4.69) is 0 Å². The smallest absolute Gasteiger partial charge is 0.549 e. The predicted octanol–water partition coefficient (Wildman–Crippen LogP) is -2.04. The molecule has 0 aliphatic carbocycles. The van der Waals surface area contributed by atoms with Crippen LogP contribution in [-0.4, -0.2) is 69.9 Å². The van der Waals surface area contributed by atoms with Gasteiger partial charge in [-0.15, -0.1) is 0 Å². The van der Waals surface area contributed by atoms with Crippen LogP contribution in [0.4, 0.5) is 0 Å².